The van der Waals surface area contributed by atoms with Crippen LogP contribution in [0.15, 0.2) is 57.3 Å². The van der Waals surface area contributed by atoms with Gasteiger partial charge in [-0.25, -0.2) is 8.42 Å². The molecule has 12 heteroatoms. The molecular formula is C22H22N3NaO6S2. The number of carbonyl (C=O) groups excluding carboxylic acids is 1. The van der Waals surface area contributed by atoms with Crippen molar-refractivity contribution in [2.24, 2.45) is 4.40 Å². The zero-order chi connectivity index (χ0) is 24.2. The summed E-state index contributed by atoms with van der Waals surface area (Å²) in [5, 5.41) is 16.1. The second-order valence-electron chi connectivity index (χ2n) is 8.29. The van der Waals surface area contributed by atoms with Crippen molar-refractivity contribution in [1.29, 1.82) is 0 Å². The maximum atomic E-state index is 13.6. The van der Waals surface area contributed by atoms with Crippen LogP contribution in [0.1, 0.15) is 37.8 Å². The first-order chi connectivity index (χ1) is 15.4. The van der Waals surface area contributed by atoms with E-state index in [0.29, 0.717) is 24.0 Å². The molecule has 0 radical (unpaired) electrons. The van der Waals surface area contributed by atoms with E-state index in [-0.39, 0.29) is 57.2 Å². The second-order valence-corrected chi connectivity index (χ2v) is 11.6. The van der Waals surface area contributed by atoms with Gasteiger partial charge in [0.05, 0.1) is 22.9 Å². The number of amidine groups is 1. The van der Waals surface area contributed by atoms with Crippen molar-refractivity contribution in [3.05, 3.63) is 59.2 Å². The number of nitrogens with one attached hydrogen (secondary N) is 2. The van der Waals surface area contributed by atoms with E-state index in [9.17, 15) is 26.7 Å². The maximum absolute atomic E-state index is 13.6. The van der Waals surface area contributed by atoms with Gasteiger partial charge in [0.25, 0.3) is 10.0 Å². The molecule has 1 aliphatic heterocycles. The Labute approximate surface area is 220 Å². The quantitative estimate of drug-likeness (QED) is 0.489. The molecule has 0 saturated carbocycles. The van der Waals surface area contributed by atoms with Crippen LogP contribution in [0.2, 0.25) is 0 Å². The average molecular weight is 512 g/mol. The SMILES string of the molecule is CCCC1(C)C(=O)C(C2=NS(=O)(=O)c3cc(NS(C)(=O)=O)ccc3N2)=C([O-])c2ccccc21.[Na+]. The van der Waals surface area contributed by atoms with Crippen molar-refractivity contribution in [3.63, 3.8) is 0 Å². The number of benzene rings is 2. The number of hydrogen-bond donors (Lipinski definition) is 2. The molecular weight excluding hydrogens is 489 g/mol. The van der Waals surface area contributed by atoms with Crippen molar-refractivity contribution >= 4 is 48.8 Å². The summed E-state index contributed by atoms with van der Waals surface area (Å²) in [5.74, 6) is -1.42. The van der Waals surface area contributed by atoms with Crippen LogP contribution in [0.3, 0.4) is 0 Å². The van der Waals surface area contributed by atoms with Gasteiger partial charge in [-0.1, -0.05) is 43.4 Å². The molecule has 0 fully saturated rings. The van der Waals surface area contributed by atoms with Gasteiger partial charge in [0.15, 0.2) is 11.6 Å². The molecule has 0 amide bonds. The molecule has 2 aromatic rings. The zero-order valence-corrected chi connectivity index (χ0v) is 22.8. The van der Waals surface area contributed by atoms with Gasteiger partial charge in [-0.15, -0.1) is 4.40 Å². The van der Waals surface area contributed by atoms with Gasteiger partial charge < -0.3 is 10.4 Å². The van der Waals surface area contributed by atoms with Crippen molar-refractivity contribution < 1.29 is 56.3 Å². The van der Waals surface area contributed by atoms with Gasteiger partial charge in [-0.3, -0.25) is 9.52 Å². The zero-order valence-electron chi connectivity index (χ0n) is 19.2. The number of Topliss-reactive ketones (excluding diaryl/α,β-unsaturated/α-hetero) is 1. The second kappa shape index (κ2) is 9.12. The summed E-state index contributed by atoms with van der Waals surface area (Å²) < 4.78 is 54.8. The van der Waals surface area contributed by atoms with Gasteiger partial charge in [0.2, 0.25) is 10.0 Å². The van der Waals surface area contributed by atoms with Crippen molar-refractivity contribution in [3.8, 4) is 0 Å². The number of sulfonamides is 2. The molecule has 174 valence electrons. The molecule has 2 aromatic carbocycles. The van der Waals surface area contributed by atoms with Crippen molar-refractivity contribution in [1.82, 2.24) is 0 Å². The van der Waals surface area contributed by atoms with E-state index in [2.05, 4.69) is 14.4 Å². The Kier molecular flexibility index (Phi) is 7.09. The monoisotopic (exact) mass is 511 g/mol. The standard InChI is InChI=1S/C22H23N3O6S2.Na/c1-4-11-22(2)15-8-6-5-7-14(15)19(26)18(20(22)27)21-23-16-10-9-13(24-32(3,28)29)12-17(16)33(30,31)25-21;/h5-10,12,24,26H,4,11H2,1-3H3,(H,23,25);/q;+1/p-1. The van der Waals surface area contributed by atoms with E-state index in [1.807, 2.05) is 6.92 Å². The van der Waals surface area contributed by atoms with Crippen LogP contribution in [0.4, 0.5) is 11.4 Å². The molecule has 2 aliphatic rings. The first-order valence-corrected chi connectivity index (χ1v) is 13.5. The molecule has 34 heavy (non-hydrogen) atoms. The molecule has 4 rings (SSSR count). The van der Waals surface area contributed by atoms with Gasteiger partial charge in [0.1, 0.15) is 4.90 Å². The topological polar surface area (TPSA) is 145 Å². The van der Waals surface area contributed by atoms with E-state index < -0.39 is 37.0 Å². The number of fused-ring (bicyclic) bond motifs is 2. The van der Waals surface area contributed by atoms with Gasteiger partial charge >= 0.3 is 29.6 Å². The molecule has 1 atom stereocenters. The number of nitrogens with zero attached hydrogens (tertiary/aromatic N) is 1. The predicted octanol–water partition coefficient (Wildman–Crippen LogP) is -1.01. The number of carbonyl (C=O) groups is 1. The number of ketones is 1. The molecule has 1 heterocycles. The fourth-order valence-corrected chi connectivity index (χ4v) is 6.01. The van der Waals surface area contributed by atoms with Gasteiger partial charge in [0, 0.05) is 5.69 Å². The predicted molar refractivity (Wildman–Crippen MR) is 124 cm³/mol. The van der Waals surface area contributed by atoms with Gasteiger partial charge in [-0.05, 0) is 42.7 Å². The fourth-order valence-electron chi connectivity index (χ4n) is 4.31. The minimum atomic E-state index is -4.33. The molecule has 1 aliphatic carbocycles. The Balaban J connectivity index is 0.00000324. The molecule has 0 saturated heterocycles. The van der Waals surface area contributed by atoms with Crippen molar-refractivity contribution in [2.45, 2.75) is 37.0 Å². The summed E-state index contributed by atoms with van der Waals surface area (Å²) in [7, 11) is -7.95. The number of rotatable bonds is 5. The summed E-state index contributed by atoms with van der Waals surface area (Å²) in [5.41, 5.74) is -0.237. The summed E-state index contributed by atoms with van der Waals surface area (Å²) in [4.78, 5) is 13.3. The first kappa shape index (κ1) is 26.4. The van der Waals surface area contributed by atoms with E-state index in [1.165, 1.54) is 12.1 Å². The number of hydrogen-bond acceptors (Lipinski definition) is 7. The fraction of sp³-hybridized carbons (Fsp3) is 0.273. The van der Waals surface area contributed by atoms with Crippen molar-refractivity contribution in [2.75, 3.05) is 16.3 Å². The molecule has 9 nitrogen and oxygen atoms in total. The third kappa shape index (κ3) is 4.55. The summed E-state index contributed by atoms with van der Waals surface area (Å²) in [6.45, 7) is 3.68. The van der Waals surface area contributed by atoms with Crippen LogP contribution < -0.4 is 44.7 Å². The Morgan fingerprint density at radius 3 is 2.50 bits per heavy atom. The molecule has 1 unspecified atom stereocenters. The van der Waals surface area contributed by atoms with Crippen LogP contribution in [0, 0.1) is 0 Å². The minimum Gasteiger partial charge on any atom is -0.871 e. The Bertz CT molecular complexity index is 1470. The average Bonchev–Trinajstić information content (AvgIpc) is 2.72. The van der Waals surface area contributed by atoms with Crippen LogP contribution in [-0.2, 0) is 30.3 Å². The van der Waals surface area contributed by atoms with Crippen LogP contribution in [0.25, 0.3) is 5.76 Å². The smallest absolute Gasteiger partial charge is 0.871 e. The van der Waals surface area contributed by atoms with E-state index >= 15 is 0 Å². The molecule has 2 N–H and O–H groups in total. The summed E-state index contributed by atoms with van der Waals surface area (Å²) in [6.07, 6.45) is 2.09. The van der Waals surface area contributed by atoms with Crippen LogP contribution in [0.5, 0.6) is 0 Å². The molecule has 0 bridgehead atoms. The first-order valence-electron chi connectivity index (χ1n) is 10.2. The largest absolute Gasteiger partial charge is 1.00 e. The molecule has 0 aromatic heterocycles. The maximum Gasteiger partial charge on any atom is 1.00 e. The Morgan fingerprint density at radius 1 is 1.18 bits per heavy atom. The Morgan fingerprint density at radius 2 is 1.85 bits per heavy atom. The summed E-state index contributed by atoms with van der Waals surface area (Å²) >= 11 is 0. The Hall–Kier alpha value is -2.18. The summed E-state index contributed by atoms with van der Waals surface area (Å²) in [6, 6.07) is 10.7. The number of anilines is 2. The van der Waals surface area contributed by atoms with E-state index in [0.717, 1.165) is 12.3 Å². The molecule has 0 spiro atoms. The van der Waals surface area contributed by atoms with Crippen LogP contribution in [-0.4, -0.2) is 34.7 Å². The van der Waals surface area contributed by atoms with E-state index in [1.54, 1.807) is 31.2 Å². The third-order valence-corrected chi connectivity index (χ3v) is 7.66. The van der Waals surface area contributed by atoms with E-state index in [4.69, 9.17) is 0 Å². The minimum absolute atomic E-state index is 0. The van der Waals surface area contributed by atoms with Gasteiger partial charge in [-0.2, -0.15) is 8.42 Å². The third-order valence-electron chi connectivity index (χ3n) is 5.74. The van der Waals surface area contributed by atoms with Crippen LogP contribution >= 0.6 is 0 Å². The normalized spacial score (nSPS) is 20.9.